The van der Waals surface area contributed by atoms with Crippen LogP contribution in [0.4, 0.5) is 5.69 Å². The van der Waals surface area contributed by atoms with Crippen molar-refractivity contribution in [3.05, 3.63) is 71.5 Å². The van der Waals surface area contributed by atoms with E-state index in [4.69, 9.17) is 5.21 Å². The summed E-state index contributed by atoms with van der Waals surface area (Å²) in [5.74, 6) is -0.192. The van der Waals surface area contributed by atoms with Crippen LogP contribution < -0.4 is 5.32 Å². The van der Waals surface area contributed by atoms with Crippen LogP contribution >= 0.6 is 0 Å². The Bertz CT molecular complexity index is 972. The van der Waals surface area contributed by atoms with E-state index in [0.717, 1.165) is 22.4 Å². The molecule has 6 heteroatoms. The van der Waals surface area contributed by atoms with Crippen molar-refractivity contribution in [2.45, 2.75) is 13.8 Å². The average molecular weight is 348 g/mol. The van der Waals surface area contributed by atoms with Gasteiger partial charge >= 0.3 is 0 Å². The predicted octanol–water partition coefficient (Wildman–Crippen LogP) is 3.85. The van der Waals surface area contributed by atoms with Crippen LogP contribution in [0, 0.1) is 6.92 Å². The van der Waals surface area contributed by atoms with E-state index in [-0.39, 0.29) is 5.91 Å². The number of benzene rings is 2. The topological polar surface area (TPSA) is 79.5 Å². The molecule has 2 N–H and O–H groups in total. The second-order valence-corrected chi connectivity index (χ2v) is 6.06. The quantitative estimate of drug-likeness (QED) is 0.427. The summed E-state index contributed by atoms with van der Waals surface area (Å²) in [6, 6.07) is 15.3. The van der Waals surface area contributed by atoms with Gasteiger partial charge in [-0.25, -0.2) is 0 Å². The lowest BCUT2D eigenvalue weighted by molar-refractivity contribution is 0.102. The van der Waals surface area contributed by atoms with Crippen LogP contribution in [-0.4, -0.2) is 26.6 Å². The van der Waals surface area contributed by atoms with Gasteiger partial charge in [0.05, 0.1) is 17.0 Å². The van der Waals surface area contributed by atoms with Gasteiger partial charge in [-0.3, -0.25) is 9.48 Å². The highest BCUT2D eigenvalue weighted by atomic mass is 16.4. The zero-order valence-corrected chi connectivity index (χ0v) is 14.9. The number of anilines is 1. The number of para-hydroxylation sites is 1. The molecule has 0 atom stereocenters. The molecule has 0 radical (unpaired) electrons. The minimum atomic E-state index is -0.192. The van der Waals surface area contributed by atoms with Gasteiger partial charge in [-0.15, -0.1) is 0 Å². The molecular formula is C20H20N4O2. The minimum absolute atomic E-state index is 0.192. The Morgan fingerprint density at radius 2 is 1.85 bits per heavy atom. The van der Waals surface area contributed by atoms with Crippen LogP contribution in [0.5, 0.6) is 0 Å². The lowest BCUT2D eigenvalue weighted by atomic mass is 10.0. The van der Waals surface area contributed by atoms with Crippen molar-refractivity contribution >= 4 is 17.3 Å². The van der Waals surface area contributed by atoms with Crippen molar-refractivity contribution in [1.82, 2.24) is 9.78 Å². The first-order valence-corrected chi connectivity index (χ1v) is 8.19. The first kappa shape index (κ1) is 17.4. The fourth-order valence-electron chi connectivity index (χ4n) is 2.80. The van der Waals surface area contributed by atoms with Crippen molar-refractivity contribution in [1.29, 1.82) is 0 Å². The number of carbonyl (C=O) groups is 1. The molecule has 0 aliphatic heterocycles. The van der Waals surface area contributed by atoms with E-state index in [2.05, 4.69) is 15.6 Å². The summed E-state index contributed by atoms with van der Waals surface area (Å²) < 4.78 is 1.62. The van der Waals surface area contributed by atoms with Crippen LogP contribution in [0.25, 0.3) is 11.1 Å². The van der Waals surface area contributed by atoms with Crippen molar-refractivity contribution in [3.8, 4) is 11.1 Å². The van der Waals surface area contributed by atoms with Crippen LogP contribution in [0.3, 0.4) is 0 Å². The normalized spacial score (nSPS) is 11.4. The Morgan fingerprint density at radius 3 is 2.46 bits per heavy atom. The smallest absolute Gasteiger partial charge is 0.259 e. The lowest BCUT2D eigenvalue weighted by Crippen LogP contribution is -2.13. The van der Waals surface area contributed by atoms with E-state index in [1.165, 1.54) is 0 Å². The van der Waals surface area contributed by atoms with Gasteiger partial charge in [0.1, 0.15) is 0 Å². The molecule has 0 fully saturated rings. The van der Waals surface area contributed by atoms with Crippen LogP contribution in [0.15, 0.2) is 59.9 Å². The molecule has 132 valence electrons. The van der Waals surface area contributed by atoms with E-state index in [1.807, 2.05) is 55.5 Å². The molecule has 0 spiro atoms. The summed E-state index contributed by atoms with van der Waals surface area (Å²) in [7, 11) is 1.79. The molecule has 1 heterocycles. The molecule has 1 amide bonds. The third-order valence-electron chi connectivity index (χ3n) is 4.20. The summed E-state index contributed by atoms with van der Waals surface area (Å²) in [6.07, 6.45) is 1.71. The van der Waals surface area contributed by atoms with Gasteiger partial charge in [0, 0.05) is 24.5 Å². The van der Waals surface area contributed by atoms with Crippen molar-refractivity contribution < 1.29 is 10.0 Å². The summed E-state index contributed by atoms with van der Waals surface area (Å²) >= 11 is 0. The molecule has 0 unspecified atom stereocenters. The molecule has 1 aromatic heterocycles. The van der Waals surface area contributed by atoms with Gasteiger partial charge in [0.2, 0.25) is 0 Å². The summed E-state index contributed by atoms with van der Waals surface area (Å²) in [6.45, 7) is 3.55. The molecule has 3 rings (SSSR count). The second kappa shape index (κ2) is 7.23. The number of aromatic nitrogens is 2. The molecule has 26 heavy (non-hydrogen) atoms. The number of nitrogens with zero attached hydrogens (tertiary/aromatic N) is 3. The van der Waals surface area contributed by atoms with E-state index in [1.54, 1.807) is 24.9 Å². The lowest BCUT2D eigenvalue weighted by Gasteiger charge is -2.11. The maximum absolute atomic E-state index is 12.6. The van der Waals surface area contributed by atoms with Crippen molar-refractivity contribution in [3.63, 3.8) is 0 Å². The predicted molar refractivity (Wildman–Crippen MR) is 102 cm³/mol. The molecule has 0 aliphatic carbocycles. The van der Waals surface area contributed by atoms with Gasteiger partial charge in [0.25, 0.3) is 5.91 Å². The Morgan fingerprint density at radius 1 is 1.15 bits per heavy atom. The zero-order chi connectivity index (χ0) is 18.7. The molecule has 0 bridgehead atoms. The number of aryl methyl sites for hydroxylation is 2. The fraction of sp³-hybridized carbons (Fsp3) is 0.150. The Kier molecular flexibility index (Phi) is 4.84. The Balaban J connectivity index is 1.91. The highest BCUT2D eigenvalue weighted by Gasteiger charge is 2.14. The SMILES string of the molecule is CC(=NO)c1ccc(-c2ccccc2NC(=O)c2cn(C)nc2C)cc1. The Hall–Kier alpha value is -3.41. The summed E-state index contributed by atoms with van der Waals surface area (Å²) in [5, 5.41) is 19.3. The average Bonchev–Trinajstić information content (AvgIpc) is 3.00. The summed E-state index contributed by atoms with van der Waals surface area (Å²) in [5.41, 5.74) is 5.21. The first-order chi connectivity index (χ1) is 12.5. The number of rotatable bonds is 4. The number of amides is 1. The van der Waals surface area contributed by atoms with Crippen LogP contribution in [0.1, 0.15) is 28.5 Å². The van der Waals surface area contributed by atoms with E-state index in [0.29, 0.717) is 17.0 Å². The maximum atomic E-state index is 12.6. The van der Waals surface area contributed by atoms with Gasteiger partial charge in [0.15, 0.2) is 0 Å². The van der Waals surface area contributed by atoms with Gasteiger partial charge in [-0.05, 0) is 31.0 Å². The number of oxime groups is 1. The molecule has 0 aliphatic rings. The highest BCUT2D eigenvalue weighted by Crippen LogP contribution is 2.28. The highest BCUT2D eigenvalue weighted by molar-refractivity contribution is 6.07. The molecule has 0 saturated heterocycles. The monoisotopic (exact) mass is 348 g/mol. The van der Waals surface area contributed by atoms with E-state index in [9.17, 15) is 4.79 Å². The zero-order valence-electron chi connectivity index (χ0n) is 14.9. The molecule has 2 aromatic carbocycles. The number of hydrogen-bond donors (Lipinski definition) is 2. The molecule has 0 saturated carbocycles. The molecule has 6 nitrogen and oxygen atoms in total. The van der Waals surface area contributed by atoms with Crippen molar-refractivity contribution in [2.75, 3.05) is 5.32 Å². The minimum Gasteiger partial charge on any atom is -0.411 e. The van der Waals surface area contributed by atoms with Crippen molar-refractivity contribution in [2.24, 2.45) is 12.2 Å². The molecule has 3 aromatic rings. The van der Waals surface area contributed by atoms with E-state index >= 15 is 0 Å². The second-order valence-electron chi connectivity index (χ2n) is 6.06. The van der Waals surface area contributed by atoms with Gasteiger partial charge in [-0.1, -0.05) is 47.6 Å². The Labute approximate surface area is 151 Å². The maximum Gasteiger partial charge on any atom is 0.259 e. The number of hydrogen-bond acceptors (Lipinski definition) is 4. The van der Waals surface area contributed by atoms with Gasteiger partial charge < -0.3 is 10.5 Å². The first-order valence-electron chi connectivity index (χ1n) is 8.19. The fourth-order valence-corrected chi connectivity index (χ4v) is 2.80. The standard InChI is InChI=1S/C20H20N4O2/c1-13(23-26)15-8-10-16(11-9-15)17-6-4-5-7-19(17)21-20(25)18-12-24(3)22-14(18)2/h4-12,26H,1-3H3,(H,21,25). The van der Waals surface area contributed by atoms with E-state index < -0.39 is 0 Å². The van der Waals surface area contributed by atoms with Gasteiger partial charge in [-0.2, -0.15) is 5.10 Å². The number of nitrogens with one attached hydrogen (secondary N) is 1. The van der Waals surface area contributed by atoms with Crippen LogP contribution in [-0.2, 0) is 7.05 Å². The summed E-state index contributed by atoms with van der Waals surface area (Å²) in [4.78, 5) is 12.6. The van der Waals surface area contributed by atoms with Crippen LogP contribution in [0.2, 0.25) is 0 Å². The largest absolute Gasteiger partial charge is 0.411 e. The molecular weight excluding hydrogens is 328 g/mol. The third kappa shape index (κ3) is 3.49. The third-order valence-corrected chi connectivity index (χ3v) is 4.20. The number of carbonyl (C=O) groups excluding carboxylic acids is 1.